The third-order valence-electron chi connectivity index (χ3n) is 4.51. The molecule has 0 saturated carbocycles. The second-order valence-electron chi connectivity index (χ2n) is 6.44. The predicted octanol–water partition coefficient (Wildman–Crippen LogP) is 5.36. The highest BCUT2D eigenvalue weighted by atomic mass is 79.9. The fraction of sp³-hybridized carbons (Fsp3) is 0.0455. The van der Waals surface area contributed by atoms with Gasteiger partial charge in [0.2, 0.25) is 0 Å². The van der Waals surface area contributed by atoms with Crippen molar-refractivity contribution in [1.29, 1.82) is 0 Å². The fourth-order valence-electron chi connectivity index (χ4n) is 3.09. The number of rotatable bonds is 3. The van der Waals surface area contributed by atoms with Crippen molar-refractivity contribution in [3.63, 3.8) is 0 Å². The molecule has 0 atom stereocenters. The average Bonchev–Trinajstić information content (AvgIpc) is 2.71. The van der Waals surface area contributed by atoms with Crippen molar-refractivity contribution in [1.82, 2.24) is 9.55 Å². The van der Waals surface area contributed by atoms with Crippen LogP contribution in [0.4, 0.5) is 5.69 Å². The summed E-state index contributed by atoms with van der Waals surface area (Å²) < 4.78 is 2.39. The van der Waals surface area contributed by atoms with E-state index in [0.717, 1.165) is 4.47 Å². The molecule has 5 nitrogen and oxygen atoms in total. The summed E-state index contributed by atoms with van der Waals surface area (Å²) >= 11 is 9.64. The lowest BCUT2D eigenvalue weighted by molar-refractivity contribution is 0.102. The molecule has 4 aromatic rings. The third kappa shape index (κ3) is 3.81. The second kappa shape index (κ2) is 7.81. The molecule has 0 fully saturated rings. The number of hydrogen-bond acceptors (Lipinski definition) is 3. The molecule has 0 unspecified atom stereocenters. The molecule has 0 spiro atoms. The molecule has 0 aliphatic carbocycles. The molecule has 1 N–H and O–H groups in total. The van der Waals surface area contributed by atoms with E-state index < -0.39 is 0 Å². The standard InChI is InChI=1S/C22H15BrClN3O2/c1-13-25-19-5-3-2-4-17(19)22(29)27(13)16-10-11-18(24)20(12-16)26-21(28)14-6-8-15(23)9-7-14/h2-12H,1H3,(H,26,28). The first kappa shape index (κ1) is 19.4. The van der Waals surface area contributed by atoms with Crippen molar-refractivity contribution in [2.45, 2.75) is 6.92 Å². The number of carbonyl (C=O) groups is 1. The van der Waals surface area contributed by atoms with Crippen molar-refractivity contribution in [3.05, 3.63) is 98.0 Å². The number of benzene rings is 3. The van der Waals surface area contributed by atoms with Crippen molar-refractivity contribution >= 4 is 50.0 Å². The molecular weight excluding hydrogens is 454 g/mol. The molecule has 29 heavy (non-hydrogen) atoms. The van der Waals surface area contributed by atoms with Gasteiger partial charge in [-0.2, -0.15) is 0 Å². The lowest BCUT2D eigenvalue weighted by Crippen LogP contribution is -2.22. The number of amides is 1. The normalized spacial score (nSPS) is 10.9. The van der Waals surface area contributed by atoms with E-state index in [2.05, 4.69) is 26.2 Å². The largest absolute Gasteiger partial charge is 0.321 e. The van der Waals surface area contributed by atoms with E-state index in [-0.39, 0.29) is 11.5 Å². The number of hydrogen-bond donors (Lipinski definition) is 1. The molecule has 4 rings (SSSR count). The number of nitrogens with one attached hydrogen (secondary N) is 1. The van der Waals surface area contributed by atoms with Crippen molar-refractivity contribution in [2.24, 2.45) is 0 Å². The Labute approximate surface area is 180 Å². The van der Waals surface area contributed by atoms with Crippen LogP contribution < -0.4 is 10.9 Å². The predicted molar refractivity (Wildman–Crippen MR) is 119 cm³/mol. The summed E-state index contributed by atoms with van der Waals surface area (Å²) in [5.41, 5.74) is 1.94. The lowest BCUT2D eigenvalue weighted by Gasteiger charge is -2.14. The number of aryl methyl sites for hydroxylation is 1. The number of nitrogens with zero attached hydrogens (tertiary/aromatic N) is 2. The Kier molecular flexibility index (Phi) is 5.22. The minimum atomic E-state index is -0.294. The summed E-state index contributed by atoms with van der Waals surface area (Å²) in [7, 11) is 0. The van der Waals surface area contributed by atoms with Gasteiger partial charge >= 0.3 is 0 Å². The minimum Gasteiger partial charge on any atom is -0.321 e. The van der Waals surface area contributed by atoms with E-state index in [0.29, 0.717) is 38.7 Å². The Morgan fingerprint density at radius 1 is 1.07 bits per heavy atom. The Bertz CT molecular complexity index is 1300. The minimum absolute atomic E-state index is 0.180. The van der Waals surface area contributed by atoms with E-state index >= 15 is 0 Å². The Hall–Kier alpha value is -2.96. The van der Waals surface area contributed by atoms with Crippen LogP contribution in [-0.4, -0.2) is 15.5 Å². The number of para-hydroxylation sites is 1. The van der Waals surface area contributed by atoms with Crippen molar-refractivity contribution in [2.75, 3.05) is 5.32 Å². The average molecular weight is 469 g/mol. The summed E-state index contributed by atoms with van der Waals surface area (Å²) in [6.07, 6.45) is 0. The number of anilines is 1. The van der Waals surface area contributed by atoms with Crippen molar-refractivity contribution in [3.8, 4) is 5.69 Å². The van der Waals surface area contributed by atoms with Gasteiger partial charge in [-0.05, 0) is 61.5 Å². The highest BCUT2D eigenvalue weighted by Gasteiger charge is 2.13. The van der Waals surface area contributed by atoms with Gasteiger partial charge in [-0.25, -0.2) is 4.98 Å². The third-order valence-corrected chi connectivity index (χ3v) is 5.36. The molecule has 1 aromatic heterocycles. The fourth-order valence-corrected chi connectivity index (χ4v) is 3.52. The molecular formula is C22H15BrClN3O2. The highest BCUT2D eigenvalue weighted by molar-refractivity contribution is 9.10. The summed E-state index contributed by atoms with van der Waals surface area (Å²) in [6.45, 7) is 1.77. The Morgan fingerprint density at radius 2 is 1.79 bits per heavy atom. The van der Waals surface area contributed by atoms with Gasteiger partial charge in [-0.15, -0.1) is 0 Å². The molecule has 0 aliphatic heterocycles. The maximum absolute atomic E-state index is 13.0. The molecule has 1 heterocycles. The first-order chi connectivity index (χ1) is 13.9. The zero-order valence-corrected chi connectivity index (χ0v) is 17.7. The summed E-state index contributed by atoms with van der Waals surface area (Å²) in [5.74, 6) is 0.249. The molecule has 0 bridgehead atoms. The number of aromatic nitrogens is 2. The Morgan fingerprint density at radius 3 is 2.55 bits per heavy atom. The Balaban J connectivity index is 1.76. The van der Waals surface area contributed by atoms with Crippen LogP contribution in [0.5, 0.6) is 0 Å². The van der Waals surface area contributed by atoms with Gasteiger partial charge in [-0.3, -0.25) is 14.2 Å². The van der Waals surface area contributed by atoms with Crippen LogP contribution >= 0.6 is 27.5 Å². The van der Waals surface area contributed by atoms with Gasteiger partial charge in [0.05, 0.1) is 27.3 Å². The molecule has 0 radical (unpaired) electrons. The van der Waals surface area contributed by atoms with E-state index in [4.69, 9.17) is 11.6 Å². The quantitative estimate of drug-likeness (QED) is 0.440. The van der Waals surface area contributed by atoms with Gasteiger partial charge in [0, 0.05) is 10.0 Å². The van der Waals surface area contributed by atoms with E-state index in [1.165, 1.54) is 4.57 Å². The monoisotopic (exact) mass is 467 g/mol. The summed E-state index contributed by atoms with van der Waals surface area (Å²) in [5, 5.41) is 3.71. The molecule has 0 saturated heterocycles. The highest BCUT2D eigenvalue weighted by Crippen LogP contribution is 2.26. The number of halogens is 2. The van der Waals surface area contributed by atoms with Gasteiger partial charge in [-0.1, -0.05) is 39.7 Å². The van der Waals surface area contributed by atoms with Gasteiger partial charge in [0.15, 0.2) is 0 Å². The van der Waals surface area contributed by atoms with Gasteiger partial charge < -0.3 is 5.32 Å². The molecule has 144 valence electrons. The second-order valence-corrected chi connectivity index (χ2v) is 7.76. The molecule has 7 heteroatoms. The van der Waals surface area contributed by atoms with Crippen LogP contribution in [0.3, 0.4) is 0 Å². The maximum Gasteiger partial charge on any atom is 0.265 e. The van der Waals surface area contributed by atoms with Crippen LogP contribution in [-0.2, 0) is 0 Å². The van der Waals surface area contributed by atoms with Crippen LogP contribution in [0, 0.1) is 6.92 Å². The van der Waals surface area contributed by atoms with Crippen LogP contribution in [0.15, 0.2) is 76.0 Å². The molecule has 0 aliphatic rings. The lowest BCUT2D eigenvalue weighted by atomic mass is 10.2. The number of carbonyl (C=O) groups excluding carboxylic acids is 1. The topological polar surface area (TPSA) is 64.0 Å². The van der Waals surface area contributed by atoms with Crippen LogP contribution in [0.25, 0.3) is 16.6 Å². The smallest absolute Gasteiger partial charge is 0.265 e. The zero-order chi connectivity index (χ0) is 20.5. The SMILES string of the molecule is Cc1nc2ccccc2c(=O)n1-c1ccc(Cl)c(NC(=O)c2ccc(Br)cc2)c1. The van der Waals surface area contributed by atoms with E-state index in [1.807, 2.05) is 6.07 Å². The molecule has 3 aromatic carbocycles. The molecule has 1 amide bonds. The first-order valence-corrected chi connectivity index (χ1v) is 9.96. The van der Waals surface area contributed by atoms with E-state index in [9.17, 15) is 9.59 Å². The first-order valence-electron chi connectivity index (χ1n) is 8.79. The maximum atomic E-state index is 13.0. The zero-order valence-electron chi connectivity index (χ0n) is 15.3. The van der Waals surface area contributed by atoms with Gasteiger partial charge in [0.25, 0.3) is 11.5 Å². The van der Waals surface area contributed by atoms with E-state index in [1.54, 1.807) is 67.6 Å². The summed E-state index contributed by atoms with van der Waals surface area (Å²) in [6, 6.07) is 19.2. The van der Waals surface area contributed by atoms with Crippen LogP contribution in [0.2, 0.25) is 5.02 Å². The number of fused-ring (bicyclic) bond motifs is 1. The van der Waals surface area contributed by atoms with Crippen LogP contribution in [0.1, 0.15) is 16.2 Å². The van der Waals surface area contributed by atoms with Crippen molar-refractivity contribution < 1.29 is 4.79 Å². The van der Waals surface area contributed by atoms with Gasteiger partial charge in [0.1, 0.15) is 5.82 Å². The summed E-state index contributed by atoms with van der Waals surface area (Å²) in [4.78, 5) is 30.1.